The molecule has 2 amide bonds. The van der Waals surface area contributed by atoms with Crippen molar-refractivity contribution in [3.63, 3.8) is 0 Å². The van der Waals surface area contributed by atoms with Gasteiger partial charge < -0.3 is 46.7 Å². The Hall–Kier alpha value is -9.24. The number of methoxy groups -OCH3 is 2. The van der Waals surface area contributed by atoms with Crippen molar-refractivity contribution in [1.29, 1.82) is 0 Å². The first-order valence-corrected chi connectivity index (χ1v) is 27.6. The van der Waals surface area contributed by atoms with E-state index in [2.05, 4.69) is 113 Å². The van der Waals surface area contributed by atoms with Crippen molar-refractivity contribution in [3.05, 3.63) is 146 Å². The molecule has 7 N–H and O–H groups in total. The number of hydrogen-bond donors (Lipinski definition) is 6. The van der Waals surface area contributed by atoms with Crippen LogP contribution < -0.4 is 41.8 Å². The summed E-state index contributed by atoms with van der Waals surface area (Å²) in [5.74, 6) is 3.92. The van der Waals surface area contributed by atoms with E-state index in [1.807, 2.05) is 94.6 Å². The molecular weight excluding hydrogens is 1030 g/mol. The third-order valence-corrected chi connectivity index (χ3v) is 13.5. The van der Waals surface area contributed by atoms with Gasteiger partial charge in [-0.1, -0.05) is 71.0 Å². The smallest absolute Gasteiger partial charge is 0.256 e. The molecule has 0 bridgehead atoms. The monoisotopic (exact) mass is 1110 g/mol. The molecule has 0 saturated heterocycles. The zero-order valence-electron chi connectivity index (χ0n) is 48.1. The van der Waals surface area contributed by atoms with Crippen molar-refractivity contribution in [2.24, 2.45) is 29.4 Å². The fourth-order valence-electron chi connectivity index (χ4n) is 10.1. The highest BCUT2D eigenvalue weighted by Crippen LogP contribution is 2.39. The van der Waals surface area contributed by atoms with E-state index < -0.39 is 5.91 Å². The third kappa shape index (κ3) is 16.0. The van der Waals surface area contributed by atoms with Crippen LogP contribution in [0.2, 0.25) is 0 Å². The highest BCUT2D eigenvalue weighted by Gasteiger charge is 2.23. The molecule has 82 heavy (non-hydrogen) atoms. The number of nitrogens with one attached hydrogen (secondary N) is 5. The average Bonchev–Trinajstić information content (AvgIpc) is 4.27. The van der Waals surface area contributed by atoms with Crippen LogP contribution in [0.25, 0.3) is 22.5 Å². The first kappa shape index (κ1) is 58.9. The molecule has 1 aliphatic carbocycles. The Kier molecular flexibility index (Phi) is 20.3. The van der Waals surface area contributed by atoms with Crippen molar-refractivity contribution >= 4 is 58.1 Å². The highest BCUT2D eigenvalue weighted by molar-refractivity contribution is 6.00. The highest BCUT2D eigenvalue weighted by atomic mass is 16.5. The lowest BCUT2D eigenvalue weighted by atomic mass is 9.78. The molecule has 1 aliphatic rings. The maximum atomic E-state index is 12.7. The van der Waals surface area contributed by atoms with Crippen LogP contribution in [0.1, 0.15) is 81.0 Å². The van der Waals surface area contributed by atoms with Crippen LogP contribution in [0.3, 0.4) is 0 Å². The quantitative estimate of drug-likeness (QED) is 0.0308. The van der Waals surface area contributed by atoms with Crippen molar-refractivity contribution in [2.45, 2.75) is 73.4 Å². The third-order valence-electron chi connectivity index (χ3n) is 13.5. The second-order valence-electron chi connectivity index (χ2n) is 21.2. The SMILES string of the molecule is C=C1CC(C)CC(CCn2cc(Nc3ncc(C(=O)NC)c(Nc4cccc(-c5ccccn5)c4OC)n3)cn2)C1.COc1c(Nc2nc(Nc3cnn(CCN(CC(C)C)CC(C)C)c3)ncc2C(N)=O)cccc1-c1ccccn1. The minimum absolute atomic E-state index is 0.145. The molecule has 21 nitrogen and oxygen atoms in total. The Bertz CT molecular complexity index is 3390. The van der Waals surface area contributed by atoms with Crippen LogP contribution in [0.15, 0.2) is 135 Å². The van der Waals surface area contributed by atoms with E-state index in [4.69, 9.17) is 15.2 Å². The number of allylic oxidation sites excluding steroid dienone is 1. The number of carbonyl (C=O) groups excluding carboxylic acids is 2. The summed E-state index contributed by atoms with van der Waals surface area (Å²) < 4.78 is 15.3. The Morgan fingerprint density at radius 1 is 0.683 bits per heavy atom. The van der Waals surface area contributed by atoms with Crippen molar-refractivity contribution in [2.75, 3.05) is 62.2 Å². The number of amides is 2. The number of rotatable bonds is 24. The largest absolute Gasteiger partial charge is 0.494 e. The second-order valence-corrected chi connectivity index (χ2v) is 21.2. The normalized spacial score (nSPS) is 14.0. The number of benzene rings is 2. The lowest BCUT2D eigenvalue weighted by molar-refractivity contribution is 0.0961. The second kappa shape index (κ2) is 28.3. The Morgan fingerprint density at radius 2 is 1.21 bits per heavy atom. The average molecular weight is 1110 g/mol. The predicted octanol–water partition coefficient (Wildman–Crippen LogP) is 10.9. The van der Waals surface area contributed by atoms with Crippen LogP contribution in [-0.4, -0.2) is 107 Å². The molecule has 2 unspecified atom stereocenters. The molecule has 6 aromatic heterocycles. The van der Waals surface area contributed by atoms with Gasteiger partial charge in [0, 0.05) is 81.5 Å². The molecule has 0 aliphatic heterocycles. The molecule has 428 valence electrons. The molecule has 0 radical (unpaired) electrons. The van der Waals surface area contributed by atoms with Gasteiger partial charge in [0.2, 0.25) is 11.9 Å². The van der Waals surface area contributed by atoms with E-state index in [1.54, 1.807) is 46.1 Å². The van der Waals surface area contributed by atoms with Crippen molar-refractivity contribution < 1.29 is 19.1 Å². The van der Waals surface area contributed by atoms with E-state index in [9.17, 15) is 9.59 Å². The number of nitrogens with zero attached hydrogens (tertiary/aromatic N) is 11. The van der Waals surface area contributed by atoms with Crippen molar-refractivity contribution in [1.82, 2.24) is 59.7 Å². The van der Waals surface area contributed by atoms with Gasteiger partial charge in [0.15, 0.2) is 11.5 Å². The zero-order valence-corrected chi connectivity index (χ0v) is 48.1. The Labute approximate surface area is 479 Å². The Balaban J connectivity index is 0.000000215. The van der Waals surface area contributed by atoms with Gasteiger partial charge in [0.25, 0.3) is 11.8 Å². The maximum Gasteiger partial charge on any atom is 0.256 e. The summed E-state index contributed by atoms with van der Waals surface area (Å²) in [6, 6.07) is 22.7. The van der Waals surface area contributed by atoms with Gasteiger partial charge in [-0.05, 0) is 97.9 Å². The van der Waals surface area contributed by atoms with Gasteiger partial charge in [-0.25, -0.2) is 9.97 Å². The number of carbonyl (C=O) groups is 2. The first-order chi connectivity index (χ1) is 39.7. The number of anilines is 8. The lowest BCUT2D eigenvalue weighted by Gasteiger charge is -2.28. The van der Waals surface area contributed by atoms with Crippen LogP contribution in [0, 0.1) is 23.7 Å². The molecule has 1 saturated carbocycles. The van der Waals surface area contributed by atoms with Crippen LogP contribution >= 0.6 is 0 Å². The molecule has 6 heterocycles. The number of hydrogen-bond acceptors (Lipinski definition) is 17. The van der Waals surface area contributed by atoms with Gasteiger partial charge in [-0.3, -0.25) is 28.9 Å². The lowest BCUT2D eigenvalue weighted by Crippen LogP contribution is -2.34. The number of para-hydroxylation sites is 2. The van der Waals surface area contributed by atoms with Gasteiger partial charge in [0.1, 0.15) is 22.8 Å². The van der Waals surface area contributed by atoms with E-state index >= 15 is 0 Å². The molecule has 2 atom stereocenters. The zero-order chi connectivity index (χ0) is 58.1. The number of aromatic nitrogens is 10. The molecule has 9 rings (SSSR count). The molecule has 21 heteroatoms. The van der Waals surface area contributed by atoms with Gasteiger partial charge in [-0.15, -0.1) is 0 Å². The van der Waals surface area contributed by atoms with Crippen LogP contribution in [0.5, 0.6) is 11.5 Å². The summed E-state index contributed by atoms with van der Waals surface area (Å²) in [5, 5.41) is 24.6. The van der Waals surface area contributed by atoms with Gasteiger partial charge in [0.05, 0.1) is 67.3 Å². The molecular formula is C61H75N17O4. The predicted molar refractivity (Wildman–Crippen MR) is 322 cm³/mol. The maximum absolute atomic E-state index is 12.7. The summed E-state index contributed by atoms with van der Waals surface area (Å²) in [6.07, 6.45) is 18.2. The van der Waals surface area contributed by atoms with E-state index in [0.29, 0.717) is 63.9 Å². The molecule has 1 fully saturated rings. The summed E-state index contributed by atoms with van der Waals surface area (Å²) in [4.78, 5) is 54.1. The standard InChI is InChI=1S/C31H36N8O2.C30H39N9O2/c1-20-14-21(2)16-22(15-20)11-13-39-19-23(17-35-39)36-31-34-18-25(30(40)32-3)29(38-31)37-27-10-7-8-24(28(27)41-4)26-9-5-6-12-33-26;1-20(2)17-38(18-21(3)4)13-14-39-19-22(15-34-39)35-30-33-16-24(28(31)40)29(37-30)36-26-11-8-9-23(27(26)41-5)25-10-6-7-12-32-25/h5-10,12,17-19,21-22H,1,11,13-16H2,2-4H3,(H,32,40)(H2,34,36,37,38);6-12,15-16,19-21H,13-14,17-18H2,1-5H3,(H2,31,40)(H2,33,35,36,37). The fraction of sp³-hybridized carbons (Fsp3) is 0.344. The fourth-order valence-corrected chi connectivity index (χ4v) is 10.1. The number of ether oxygens (including phenoxy) is 2. The minimum atomic E-state index is -0.654. The Morgan fingerprint density at radius 3 is 1.68 bits per heavy atom. The number of aryl methyl sites for hydroxylation is 1. The van der Waals surface area contributed by atoms with Crippen molar-refractivity contribution in [3.8, 4) is 34.0 Å². The van der Waals surface area contributed by atoms with Gasteiger partial charge in [-0.2, -0.15) is 20.2 Å². The van der Waals surface area contributed by atoms with E-state index in [0.717, 1.165) is 85.9 Å². The van der Waals surface area contributed by atoms with Crippen LogP contribution in [-0.2, 0) is 13.1 Å². The van der Waals surface area contributed by atoms with E-state index in [1.165, 1.54) is 24.4 Å². The summed E-state index contributed by atoms with van der Waals surface area (Å²) >= 11 is 0. The minimum Gasteiger partial charge on any atom is -0.494 e. The van der Waals surface area contributed by atoms with Gasteiger partial charge >= 0.3 is 0 Å². The van der Waals surface area contributed by atoms with E-state index in [-0.39, 0.29) is 23.2 Å². The molecule has 2 aromatic carbocycles. The number of primary amides is 1. The topological polar surface area (TPSA) is 255 Å². The number of nitrogens with two attached hydrogens (primary N) is 1. The van der Waals surface area contributed by atoms with Crippen LogP contribution in [0.4, 0.5) is 46.3 Å². The molecule has 0 spiro atoms. The number of pyridine rings is 2. The summed E-state index contributed by atoms with van der Waals surface area (Å²) in [7, 11) is 4.75. The summed E-state index contributed by atoms with van der Waals surface area (Å²) in [6.45, 7) is 20.1. The molecule has 8 aromatic rings. The summed E-state index contributed by atoms with van der Waals surface area (Å²) in [5.41, 5.74) is 13.3. The first-order valence-electron chi connectivity index (χ1n) is 27.6.